The molecule has 6 aromatic rings. The number of ether oxygens (including phenoxy) is 1. The molecule has 2 aromatic heterocycles. The summed E-state index contributed by atoms with van der Waals surface area (Å²) in [5.41, 5.74) is 0.808. The highest BCUT2D eigenvalue weighted by molar-refractivity contribution is 6.39. The van der Waals surface area contributed by atoms with Crippen LogP contribution in [-0.2, 0) is 16.7 Å². The number of carbonyl (C=O) groups is 2. The van der Waals surface area contributed by atoms with Gasteiger partial charge in [0.1, 0.15) is 24.4 Å². The van der Waals surface area contributed by atoms with Gasteiger partial charge in [-0.15, -0.1) is 0 Å². The van der Waals surface area contributed by atoms with Gasteiger partial charge in [-0.25, -0.2) is 17.6 Å². The summed E-state index contributed by atoms with van der Waals surface area (Å²) in [4.78, 5) is 32.9. The molecule has 1 saturated heterocycles. The highest BCUT2D eigenvalue weighted by Gasteiger charge is 2.47. The molecule has 0 spiro atoms. The zero-order valence-corrected chi connectivity index (χ0v) is 27.3. The van der Waals surface area contributed by atoms with Crippen molar-refractivity contribution >= 4 is 55.4 Å². The predicted octanol–water partition coefficient (Wildman–Crippen LogP) is 5.05. The lowest BCUT2D eigenvalue weighted by Crippen LogP contribution is -2.56. The minimum Gasteiger partial charge on any atom is -0.394 e. The van der Waals surface area contributed by atoms with Crippen molar-refractivity contribution in [3.8, 4) is 0 Å². The molecule has 2 aliphatic heterocycles. The Labute approximate surface area is 286 Å². The molecule has 0 aliphatic carbocycles. The predicted molar refractivity (Wildman–Crippen MR) is 177 cm³/mol. The fraction of sp³-hybridized carbons (Fsp3) is 0.297. The Morgan fingerprint density at radius 2 is 1.37 bits per heavy atom. The van der Waals surface area contributed by atoms with Crippen LogP contribution in [0.2, 0.25) is 0 Å². The fourth-order valence-electron chi connectivity index (χ4n) is 7.46. The van der Waals surface area contributed by atoms with E-state index in [-0.39, 0.29) is 66.7 Å². The SMILES string of the molecule is CC(C)(C)c1ccc(CN2C(=O)c3c(c4c5cc(F)c(F)cc5n([C@@H]5O[C@H](CO)[C@@H](O)[C@H](O)[C@H]5O)c4c4[nH]c5cc(F)c(F)cc5c34)C2=O)cc1. The number of nitrogens with one attached hydrogen (secondary N) is 1. The van der Waals surface area contributed by atoms with Gasteiger partial charge in [0, 0.05) is 39.2 Å². The largest absolute Gasteiger partial charge is 0.394 e. The van der Waals surface area contributed by atoms with Crippen LogP contribution in [0.25, 0.3) is 43.6 Å². The van der Waals surface area contributed by atoms with Gasteiger partial charge in [0.25, 0.3) is 11.8 Å². The molecule has 264 valence electrons. The van der Waals surface area contributed by atoms with Crippen molar-refractivity contribution < 1.29 is 52.3 Å². The van der Waals surface area contributed by atoms with E-state index >= 15 is 8.78 Å². The van der Waals surface area contributed by atoms with Crippen LogP contribution in [0.3, 0.4) is 0 Å². The average Bonchev–Trinajstić information content (AvgIpc) is 3.68. The molecule has 5 N–H and O–H groups in total. The van der Waals surface area contributed by atoms with Crippen LogP contribution in [0.15, 0.2) is 48.5 Å². The third kappa shape index (κ3) is 4.74. The molecule has 2 aliphatic rings. The Kier molecular flexibility index (Phi) is 7.39. The van der Waals surface area contributed by atoms with Crippen LogP contribution in [0.4, 0.5) is 17.6 Å². The van der Waals surface area contributed by atoms with Crippen molar-refractivity contribution in [2.24, 2.45) is 0 Å². The number of amides is 2. The van der Waals surface area contributed by atoms with Crippen molar-refractivity contribution in [1.82, 2.24) is 14.5 Å². The second-order valence-corrected chi connectivity index (χ2v) is 14.2. The number of aromatic nitrogens is 2. The fourth-order valence-corrected chi connectivity index (χ4v) is 7.46. The van der Waals surface area contributed by atoms with Gasteiger partial charge in [0.05, 0.1) is 40.8 Å². The second-order valence-electron chi connectivity index (χ2n) is 14.2. The molecular formula is C37H31F4N3O7. The molecule has 2 amide bonds. The maximum Gasteiger partial charge on any atom is 0.262 e. The lowest BCUT2D eigenvalue weighted by Gasteiger charge is -2.41. The first kappa shape index (κ1) is 33.3. The minimum absolute atomic E-state index is 0.00439. The van der Waals surface area contributed by atoms with E-state index in [0.717, 1.165) is 39.3 Å². The number of imide groups is 1. The summed E-state index contributed by atoms with van der Waals surface area (Å²) in [7, 11) is 0. The van der Waals surface area contributed by atoms with Gasteiger partial charge in [-0.05, 0) is 28.7 Å². The lowest BCUT2D eigenvalue weighted by atomic mass is 9.87. The molecule has 5 atom stereocenters. The summed E-state index contributed by atoms with van der Waals surface area (Å²) in [5.74, 6) is -6.68. The van der Waals surface area contributed by atoms with Gasteiger partial charge in [0.15, 0.2) is 29.5 Å². The van der Waals surface area contributed by atoms with Crippen molar-refractivity contribution in [3.63, 3.8) is 0 Å². The molecule has 0 saturated carbocycles. The van der Waals surface area contributed by atoms with Gasteiger partial charge in [0.2, 0.25) is 0 Å². The van der Waals surface area contributed by atoms with Gasteiger partial charge in [-0.3, -0.25) is 14.5 Å². The third-order valence-corrected chi connectivity index (χ3v) is 10.1. The molecule has 4 aromatic carbocycles. The maximum absolute atomic E-state index is 15.1. The summed E-state index contributed by atoms with van der Waals surface area (Å²) >= 11 is 0. The number of hydrogen-bond acceptors (Lipinski definition) is 7. The first-order valence-electron chi connectivity index (χ1n) is 16.2. The number of halogens is 4. The summed E-state index contributed by atoms with van der Waals surface area (Å²) in [6.45, 7) is 5.12. The van der Waals surface area contributed by atoms with E-state index in [0.29, 0.717) is 5.56 Å². The van der Waals surface area contributed by atoms with Gasteiger partial charge >= 0.3 is 0 Å². The van der Waals surface area contributed by atoms with Crippen molar-refractivity contribution in [2.45, 2.75) is 63.4 Å². The van der Waals surface area contributed by atoms with E-state index in [1.165, 1.54) is 0 Å². The van der Waals surface area contributed by atoms with Crippen LogP contribution in [0, 0.1) is 23.3 Å². The van der Waals surface area contributed by atoms with Gasteiger partial charge in [-0.2, -0.15) is 0 Å². The number of aliphatic hydroxyl groups is 4. The molecule has 0 unspecified atom stereocenters. The van der Waals surface area contributed by atoms with Crippen LogP contribution in [0.5, 0.6) is 0 Å². The Hall–Kier alpha value is -4.86. The molecule has 0 radical (unpaired) electrons. The molecule has 51 heavy (non-hydrogen) atoms. The number of aromatic amines is 1. The van der Waals surface area contributed by atoms with Crippen molar-refractivity contribution in [2.75, 3.05) is 6.61 Å². The maximum atomic E-state index is 15.1. The monoisotopic (exact) mass is 705 g/mol. The first-order valence-corrected chi connectivity index (χ1v) is 16.2. The van der Waals surface area contributed by atoms with E-state index in [9.17, 15) is 38.8 Å². The lowest BCUT2D eigenvalue weighted by molar-refractivity contribution is -0.249. The minimum atomic E-state index is -1.93. The smallest absolute Gasteiger partial charge is 0.262 e. The van der Waals surface area contributed by atoms with E-state index < -0.39 is 72.3 Å². The summed E-state index contributed by atoms with van der Waals surface area (Å²) < 4.78 is 66.6. The zero-order valence-electron chi connectivity index (χ0n) is 27.3. The Morgan fingerprint density at radius 1 is 0.784 bits per heavy atom. The standard InChI is InChI=1S/C37H31F4N3O7/c1-37(2,3)15-6-4-14(5-7-15)12-43-34(49)27-25-16-8-18(38)20(40)10-22(16)42-29(25)30-26(28(27)35(43)50)17-9-19(39)21(41)11-23(17)44(30)36-33(48)32(47)31(46)24(13-45)51-36/h4-11,24,31-33,36,42,45-48H,12-13H2,1-3H3/t24-,31-,32+,33-,36-/m1/s1. The molecule has 10 nitrogen and oxygen atoms in total. The van der Waals surface area contributed by atoms with E-state index in [1.807, 2.05) is 32.9 Å². The number of hydrogen-bond donors (Lipinski definition) is 5. The molecule has 4 heterocycles. The van der Waals surface area contributed by atoms with E-state index in [4.69, 9.17) is 4.74 Å². The molecule has 0 bridgehead atoms. The van der Waals surface area contributed by atoms with Crippen molar-refractivity contribution in [3.05, 3.63) is 94.1 Å². The second kappa shape index (κ2) is 11.3. The Bertz CT molecular complexity index is 2470. The highest BCUT2D eigenvalue weighted by atomic mass is 19.2. The number of fused-ring (bicyclic) bond motifs is 10. The van der Waals surface area contributed by atoms with Crippen molar-refractivity contribution in [1.29, 1.82) is 0 Å². The first-order chi connectivity index (χ1) is 24.1. The topological polar surface area (TPSA) is 148 Å². The molecule has 8 rings (SSSR count). The number of aliphatic hydroxyl groups excluding tert-OH is 4. The van der Waals surface area contributed by atoms with Gasteiger partial charge in [-0.1, -0.05) is 45.0 Å². The van der Waals surface area contributed by atoms with Crippen LogP contribution >= 0.6 is 0 Å². The highest BCUT2D eigenvalue weighted by Crippen LogP contribution is 2.48. The summed E-state index contributed by atoms with van der Waals surface area (Å²) in [5, 5.41) is 42.3. The quantitative estimate of drug-likeness (QED) is 0.127. The Balaban J connectivity index is 1.47. The normalized spacial score (nSPS) is 22.7. The number of rotatable bonds is 4. The van der Waals surface area contributed by atoms with Crippen LogP contribution in [0.1, 0.15) is 58.8 Å². The van der Waals surface area contributed by atoms with Crippen LogP contribution < -0.4 is 0 Å². The van der Waals surface area contributed by atoms with Gasteiger partial charge < -0.3 is 34.7 Å². The average molecular weight is 706 g/mol. The van der Waals surface area contributed by atoms with E-state index in [1.54, 1.807) is 12.1 Å². The number of benzene rings is 4. The number of nitrogens with zero attached hydrogens (tertiary/aromatic N) is 2. The number of H-pyrrole nitrogens is 1. The summed E-state index contributed by atoms with van der Waals surface area (Å²) in [6, 6.07) is 10.6. The zero-order chi connectivity index (χ0) is 36.4. The summed E-state index contributed by atoms with van der Waals surface area (Å²) in [6.07, 6.45) is -8.71. The molecule has 1 fully saturated rings. The van der Waals surface area contributed by atoms with Crippen LogP contribution in [-0.4, -0.2) is 77.7 Å². The molecular weight excluding hydrogens is 674 g/mol. The third-order valence-electron chi connectivity index (χ3n) is 10.1. The molecule has 14 heteroatoms. The Morgan fingerprint density at radius 3 is 2.00 bits per heavy atom. The number of carbonyl (C=O) groups excluding carboxylic acids is 2. The van der Waals surface area contributed by atoms with E-state index in [2.05, 4.69) is 4.98 Å².